The van der Waals surface area contributed by atoms with Crippen molar-refractivity contribution in [2.75, 3.05) is 30.9 Å². The van der Waals surface area contributed by atoms with E-state index >= 15 is 0 Å². The van der Waals surface area contributed by atoms with Gasteiger partial charge in [0.2, 0.25) is 11.9 Å². The topological polar surface area (TPSA) is 87.2 Å². The number of amides is 1. The van der Waals surface area contributed by atoms with Crippen LogP contribution in [0, 0.1) is 5.92 Å². The van der Waals surface area contributed by atoms with Crippen molar-refractivity contribution in [1.82, 2.24) is 15.3 Å². The number of anilines is 2. The number of carbonyl (C=O) groups is 2. The van der Waals surface area contributed by atoms with E-state index in [9.17, 15) is 9.59 Å². The van der Waals surface area contributed by atoms with E-state index in [0.29, 0.717) is 29.0 Å². The van der Waals surface area contributed by atoms with Crippen LogP contribution in [0.15, 0.2) is 77.7 Å². The molecule has 1 aliphatic carbocycles. The van der Waals surface area contributed by atoms with E-state index in [2.05, 4.69) is 31.4 Å². The zero-order valence-electron chi connectivity index (χ0n) is 27.3. The van der Waals surface area contributed by atoms with Gasteiger partial charge < -0.3 is 15.5 Å². The van der Waals surface area contributed by atoms with E-state index in [-0.39, 0.29) is 29.6 Å². The van der Waals surface area contributed by atoms with Gasteiger partial charge in [0.15, 0.2) is 5.78 Å². The average molecular weight is 658 g/mol. The van der Waals surface area contributed by atoms with Gasteiger partial charge in [0, 0.05) is 54.0 Å². The lowest BCUT2D eigenvalue weighted by molar-refractivity contribution is -0.120. The molecule has 0 bridgehead atoms. The predicted molar refractivity (Wildman–Crippen MR) is 191 cm³/mol. The SMILES string of the molecule is CN(C)c1nc(NC2CCC(CNC(=O)C(CC(=O)c3ccc(C(C)(C)C)cc3)Sc3ccc(Cl)cc3)CC2)nc2ccccc12. The third kappa shape index (κ3) is 8.80. The van der Waals surface area contributed by atoms with Gasteiger partial charge in [-0.05, 0) is 79.0 Å². The summed E-state index contributed by atoms with van der Waals surface area (Å²) in [6, 6.07) is 23.5. The molecule has 2 N–H and O–H groups in total. The minimum absolute atomic E-state index is 0.00343. The zero-order chi connectivity index (χ0) is 32.8. The number of nitrogens with zero attached hydrogens (tertiary/aromatic N) is 3. The monoisotopic (exact) mass is 657 g/mol. The number of hydrogen-bond acceptors (Lipinski definition) is 7. The Morgan fingerprint density at radius 1 is 0.935 bits per heavy atom. The van der Waals surface area contributed by atoms with Gasteiger partial charge in [0.05, 0.1) is 10.8 Å². The molecule has 0 spiro atoms. The van der Waals surface area contributed by atoms with E-state index in [0.717, 1.165) is 47.3 Å². The number of benzene rings is 3. The number of halogens is 1. The number of hydrogen-bond donors (Lipinski definition) is 2. The Hall–Kier alpha value is -3.62. The highest BCUT2D eigenvalue weighted by atomic mass is 35.5. The highest BCUT2D eigenvalue weighted by molar-refractivity contribution is 8.00. The van der Waals surface area contributed by atoms with Gasteiger partial charge in [-0.15, -0.1) is 11.8 Å². The second kappa shape index (κ2) is 14.9. The number of fused-ring (bicyclic) bond motifs is 1. The van der Waals surface area contributed by atoms with Crippen LogP contribution in [0.2, 0.25) is 5.02 Å². The summed E-state index contributed by atoms with van der Waals surface area (Å²) in [5.41, 5.74) is 2.72. The average Bonchev–Trinajstić information content (AvgIpc) is 3.04. The fourth-order valence-corrected chi connectivity index (χ4v) is 7.00. The lowest BCUT2D eigenvalue weighted by atomic mass is 9.86. The largest absolute Gasteiger partial charge is 0.362 e. The van der Waals surface area contributed by atoms with E-state index in [1.807, 2.05) is 91.8 Å². The van der Waals surface area contributed by atoms with Gasteiger partial charge in [0.25, 0.3) is 0 Å². The van der Waals surface area contributed by atoms with Gasteiger partial charge >= 0.3 is 0 Å². The van der Waals surface area contributed by atoms with Crippen LogP contribution in [0.25, 0.3) is 10.9 Å². The number of thioether (sulfide) groups is 1. The Kier molecular flexibility index (Phi) is 10.9. The molecule has 242 valence electrons. The standard InChI is InChI=1S/C37H44ClN5O2S/c1-37(2,3)26-14-12-25(13-15-26)32(44)22-33(46-29-20-16-27(38)17-21-29)35(45)39-23-24-10-18-28(19-11-24)40-36-41-31-9-7-6-8-30(31)34(42-36)43(4)5/h6-9,12-17,20-21,24,28,33H,10-11,18-19,22-23H2,1-5H3,(H,39,45)(H,40,41,42). The third-order valence-corrected chi connectivity index (χ3v) is 10.0. The van der Waals surface area contributed by atoms with Crippen molar-refractivity contribution in [3.63, 3.8) is 0 Å². The molecular formula is C37H44ClN5O2S. The molecule has 1 aliphatic rings. The normalized spacial score (nSPS) is 17.3. The van der Waals surface area contributed by atoms with Crippen LogP contribution in [0.3, 0.4) is 0 Å². The van der Waals surface area contributed by atoms with Crippen molar-refractivity contribution in [1.29, 1.82) is 0 Å². The molecule has 1 atom stereocenters. The summed E-state index contributed by atoms with van der Waals surface area (Å²) >= 11 is 7.51. The molecule has 1 aromatic heterocycles. The van der Waals surface area contributed by atoms with Crippen molar-refractivity contribution in [3.05, 3.63) is 88.9 Å². The van der Waals surface area contributed by atoms with Crippen LogP contribution < -0.4 is 15.5 Å². The first-order valence-electron chi connectivity index (χ1n) is 16.0. The summed E-state index contributed by atoms with van der Waals surface area (Å²) in [7, 11) is 3.99. The predicted octanol–water partition coefficient (Wildman–Crippen LogP) is 8.17. The van der Waals surface area contributed by atoms with E-state index in [4.69, 9.17) is 21.6 Å². The number of ketones is 1. The third-order valence-electron chi connectivity index (χ3n) is 8.58. The summed E-state index contributed by atoms with van der Waals surface area (Å²) in [6.45, 7) is 7.04. The van der Waals surface area contributed by atoms with E-state index in [1.165, 1.54) is 17.3 Å². The van der Waals surface area contributed by atoms with Crippen molar-refractivity contribution in [2.24, 2.45) is 5.92 Å². The second-order valence-corrected chi connectivity index (χ2v) is 15.1. The highest BCUT2D eigenvalue weighted by Crippen LogP contribution is 2.31. The summed E-state index contributed by atoms with van der Waals surface area (Å²) in [5.74, 6) is 1.77. The van der Waals surface area contributed by atoms with Crippen LogP contribution in [0.1, 0.15) is 68.8 Å². The van der Waals surface area contributed by atoms with Gasteiger partial charge in [-0.2, -0.15) is 4.98 Å². The van der Waals surface area contributed by atoms with Gasteiger partial charge in [0.1, 0.15) is 5.82 Å². The first kappa shape index (κ1) is 33.7. The molecule has 3 aromatic carbocycles. The number of para-hydroxylation sites is 1. The summed E-state index contributed by atoms with van der Waals surface area (Å²) < 4.78 is 0. The Balaban J connectivity index is 1.18. The number of carbonyl (C=O) groups excluding carboxylic acids is 2. The van der Waals surface area contributed by atoms with E-state index < -0.39 is 5.25 Å². The van der Waals surface area contributed by atoms with Gasteiger partial charge in [-0.25, -0.2) is 4.98 Å². The molecule has 0 saturated heterocycles. The Morgan fingerprint density at radius 2 is 1.61 bits per heavy atom. The van der Waals surface area contributed by atoms with Gasteiger partial charge in [-0.3, -0.25) is 9.59 Å². The zero-order valence-corrected chi connectivity index (χ0v) is 28.9. The smallest absolute Gasteiger partial charge is 0.233 e. The maximum Gasteiger partial charge on any atom is 0.233 e. The molecule has 9 heteroatoms. The van der Waals surface area contributed by atoms with Gasteiger partial charge in [-0.1, -0.05) is 68.8 Å². The molecule has 1 fully saturated rings. The highest BCUT2D eigenvalue weighted by Gasteiger charge is 2.27. The fourth-order valence-electron chi connectivity index (χ4n) is 5.83. The van der Waals surface area contributed by atoms with Crippen molar-refractivity contribution in [2.45, 2.75) is 74.5 Å². The fraction of sp³-hybridized carbons (Fsp3) is 0.405. The maximum absolute atomic E-state index is 13.6. The van der Waals surface area contributed by atoms with Crippen LogP contribution in [-0.4, -0.2) is 53.6 Å². The maximum atomic E-state index is 13.6. The minimum atomic E-state index is -0.551. The van der Waals surface area contributed by atoms with Crippen LogP contribution in [0.5, 0.6) is 0 Å². The first-order chi connectivity index (χ1) is 22.0. The van der Waals surface area contributed by atoms with Crippen molar-refractivity contribution < 1.29 is 9.59 Å². The number of Topliss-reactive ketones (excluding diaryl/α,β-unsaturated/α-hetero) is 1. The summed E-state index contributed by atoms with van der Waals surface area (Å²) in [4.78, 5) is 39.4. The molecule has 46 heavy (non-hydrogen) atoms. The minimum Gasteiger partial charge on any atom is -0.362 e. The molecule has 0 radical (unpaired) electrons. The second-order valence-electron chi connectivity index (χ2n) is 13.4. The van der Waals surface area contributed by atoms with Crippen molar-refractivity contribution >= 4 is 57.7 Å². The molecule has 4 aromatic rings. The molecule has 1 amide bonds. The number of nitrogens with one attached hydrogen (secondary N) is 2. The van der Waals surface area contributed by atoms with Crippen LogP contribution >= 0.6 is 23.4 Å². The summed E-state index contributed by atoms with van der Waals surface area (Å²) in [5, 5.41) is 7.87. The lowest BCUT2D eigenvalue weighted by Crippen LogP contribution is -2.39. The Morgan fingerprint density at radius 3 is 2.26 bits per heavy atom. The molecule has 7 nitrogen and oxygen atoms in total. The number of rotatable bonds is 11. The lowest BCUT2D eigenvalue weighted by Gasteiger charge is -2.30. The molecule has 0 aliphatic heterocycles. The first-order valence-corrected chi connectivity index (χ1v) is 17.3. The number of aromatic nitrogens is 2. The van der Waals surface area contributed by atoms with Crippen LogP contribution in [0.4, 0.5) is 11.8 Å². The molecule has 1 heterocycles. The molecule has 5 rings (SSSR count). The Labute approximate surface area is 281 Å². The molecule has 1 unspecified atom stereocenters. The van der Waals surface area contributed by atoms with Crippen LogP contribution in [-0.2, 0) is 10.2 Å². The Bertz CT molecular complexity index is 1650. The molecule has 1 saturated carbocycles. The molecular weight excluding hydrogens is 614 g/mol. The quantitative estimate of drug-likeness (QED) is 0.124. The van der Waals surface area contributed by atoms with E-state index in [1.54, 1.807) is 0 Å². The summed E-state index contributed by atoms with van der Waals surface area (Å²) in [6.07, 6.45) is 4.03. The van der Waals surface area contributed by atoms with Crippen molar-refractivity contribution in [3.8, 4) is 0 Å².